The Kier molecular flexibility index (Phi) is 7.27. The van der Waals surface area contributed by atoms with Crippen molar-refractivity contribution in [1.29, 1.82) is 0 Å². The molecule has 0 bridgehead atoms. The van der Waals surface area contributed by atoms with E-state index in [2.05, 4.69) is 25.5 Å². The van der Waals surface area contributed by atoms with Crippen molar-refractivity contribution in [1.82, 2.24) is 14.9 Å². The maximum Gasteiger partial charge on any atom is 0.229 e. The molecule has 2 aromatic rings. The Morgan fingerprint density at radius 3 is 2.68 bits per heavy atom. The standard InChI is InChI=1S/C20H29N5O3/c1-21-19-8-9-22-20(24-19)23-15-6-7-17(27-3)18(12-15)28-14-16(26-2)13-25-10-4-5-11-25/h6-9,12,16H,4-5,10-11,13-14H2,1-3H3,(H2,21,22,23,24)/t16-/m0/s1. The highest BCUT2D eigenvalue weighted by atomic mass is 16.5. The third kappa shape index (κ3) is 5.46. The molecule has 8 nitrogen and oxygen atoms in total. The normalized spacial score (nSPS) is 15.2. The molecule has 8 heteroatoms. The van der Waals surface area contributed by atoms with Crippen LogP contribution in [0.1, 0.15) is 12.8 Å². The van der Waals surface area contributed by atoms with E-state index < -0.39 is 0 Å². The SMILES string of the molecule is CNc1ccnc(Nc2ccc(OC)c(OC[C@H](CN3CCCC3)OC)c2)n1. The van der Waals surface area contributed by atoms with E-state index in [0.717, 1.165) is 31.1 Å². The zero-order valence-corrected chi connectivity index (χ0v) is 16.8. The van der Waals surface area contributed by atoms with Gasteiger partial charge in [0.1, 0.15) is 18.5 Å². The fraction of sp³-hybridized carbons (Fsp3) is 0.500. The lowest BCUT2D eigenvalue weighted by Crippen LogP contribution is -2.35. The van der Waals surface area contributed by atoms with Gasteiger partial charge in [0, 0.05) is 38.7 Å². The van der Waals surface area contributed by atoms with Gasteiger partial charge < -0.3 is 29.7 Å². The molecular formula is C20H29N5O3. The molecule has 1 saturated heterocycles. The van der Waals surface area contributed by atoms with Gasteiger partial charge in [0.25, 0.3) is 0 Å². The molecule has 0 saturated carbocycles. The smallest absolute Gasteiger partial charge is 0.229 e. The first-order chi connectivity index (χ1) is 13.7. The third-order valence-corrected chi connectivity index (χ3v) is 4.75. The molecule has 0 spiro atoms. The highest BCUT2D eigenvalue weighted by Crippen LogP contribution is 2.31. The summed E-state index contributed by atoms with van der Waals surface area (Å²) >= 11 is 0. The van der Waals surface area contributed by atoms with Crippen LogP contribution in [0.4, 0.5) is 17.5 Å². The van der Waals surface area contributed by atoms with Gasteiger partial charge in [0.15, 0.2) is 11.5 Å². The van der Waals surface area contributed by atoms with Crippen molar-refractivity contribution < 1.29 is 14.2 Å². The summed E-state index contributed by atoms with van der Waals surface area (Å²) in [6, 6.07) is 7.46. The fourth-order valence-corrected chi connectivity index (χ4v) is 3.19. The Hall–Kier alpha value is -2.58. The van der Waals surface area contributed by atoms with Gasteiger partial charge in [-0.25, -0.2) is 4.98 Å². The first-order valence-electron chi connectivity index (χ1n) is 9.55. The van der Waals surface area contributed by atoms with Crippen LogP contribution in [0.5, 0.6) is 11.5 Å². The maximum atomic E-state index is 6.04. The van der Waals surface area contributed by atoms with Crippen molar-refractivity contribution in [2.45, 2.75) is 18.9 Å². The molecule has 3 rings (SSSR count). The predicted octanol–water partition coefficient (Wildman–Crippen LogP) is 2.76. The molecule has 28 heavy (non-hydrogen) atoms. The van der Waals surface area contributed by atoms with E-state index in [1.807, 2.05) is 25.2 Å². The second-order valence-corrected chi connectivity index (χ2v) is 6.68. The minimum atomic E-state index is 0.00932. The Balaban J connectivity index is 1.66. The summed E-state index contributed by atoms with van der Waals surface area (Å²) in [5.74, 6) is 2.58. The molecule has 0 aliphatic carbocycles. The van der Waals surface area contributed by atoms with E-state index in [4.69, 9.17) is 14.2 Å². The minimum absolute atomic E-state index is 0.00932. The second-order valence-electron chi connectivity index (χ2n) is 6.68. The van der Waals surface area contributed by atoms with Crippen LogP contribution in [0.3, 0.4) is 0 Å². The van der Waals surface area contributed by atoms with Crippen LogP contribution in [-0.4, -0.2) is 68.5 Å². The van der Waals surface area contributed by atoms with Crippen LogP contribution in [0.25, 0.3) is 0 Å². The number of ether oxygens (including phenoxy) is 3. The first-order valence-corrected chi connectivity index (χ1v) is 9.55. The van der Waals surface area contributed by atoms with E-state index in [0.29, 0.717) is 24.1 Å². The Labute approximate surface area is 166 Å². The zero-order valence-electron chi connectivity index (χ0n) is 16.8. The molecule has 1 aliphatic heterocycles. The number of anilines is 3. The number of hydrogen-bond acceptors (Lipinski definition) is 8. The second kappa shape index (κ2) is 10.1. The van der Waals surface area contributed by atoms with Crippen LogP contribution >= 0.6 is 0 Å². The van der Waals surface area contributed by atoms with Crippen molar-refractivity contribution in [3.05, 3.63) is 30.5 Å². The molecular weight excluding hydrogens is 358 g/mol. The average Bonchev–Trinajstić information content (AvgIpc) is 3.24. The molecule has 152 valence electrons. The number of nitrogens with one attached hydrogen (secondary N) is 2. The lowest BCUT2D eigenvalue weighted by molar-refractivity contribution is 0.0339. The largest absolute Gasteiger partial charge is 0.493 e. The van der Waals surface area contributed by atoms with Gasteiger partial charge in [0.05, 0.1) is 7.11 Å². The van der Waals surface area contributed by atoms with Gasteiger partial charge in [-0.15, -0.1) is 0 Å². The molecule has 0 unspecified atom stereocenters. The van der Waals surface area contributed by atoms with E-state index in [-0.39, 0.29) is 6.10 Å². The van der Waals surface area contributed by atoms with Gasteiger partial charge in [-0.1, -0.05) is 0 Å². The Morgan fingerprint density at radius 1 is 1.14 bits per heavy atom. The molecule has 2 heterocycles. The summed E-state index contributed by atoms with van der Waals surface area (Å²) in [5, 5.41) is 6.19. The van der Waals surface area contributed by atoms with Crippen molar-refractivity contribution in [2.24, 2.45) is 0 Å². The topological polar surface area (TPSA) is 80.8 Å². The number of rotatable bonds is 10. The lowest BCUT2D eigenvalue weighted by Gasteiger charge is -2.23. The molecule has 2 N–H and O–H groups in total. The summed E-state index contributed by atoms with van der Waals surface area (Å²) in [7, 11) is 5.18. The van der Waals surface area contributed by atoms with Crippen LogP contribution in [0.15, 0.2) is 30.5 Å². The minimum Gasteiger partial charge on any atom is -0.493 e. The van der Waals surface area contributed by atoms with Gasteiger partial charge in [-0.3, -0.25) is 0 Å². The molecule has 1 aromatic heterocycles. The molecule has 1 aromatic carbocycles. The number of likely N-dealkylation sites (tertiary alicyclic amines) is 1. The predicted molar refractivity (Wildman–Crippen MR) is 110 cm³/mol. The maximum absolute atomic E-state index is 6.04. The van der Waals surface area contributed by atoms with Crippen molar-refractivity contribution >= 4 is 17.5 Å². The number of benzene rings is 1. The lowest BCUT2D eigenvalue weighted by atomic mass is 10.2. The number of methoxy groups -OCH3 is 2. The van der Waals surface area contributed by atoms with Crippen LogP contribution in [-0.2, 0) is 4.74 Å². The van der Waals surface area contributed by atoms with Crippen LogP contribution in [0.2, 0.25) is 0 Å². The first kappa shape index (κ1) is 20.2. The number of nitrogens with zero attached hydrogens (tertiary/aromatic N) is 3. The van der Waals surface area contributed by atoms with E-state index in [1.165, 1.54) is 12.8 Å². The monoisotopic (exact) mass is 387 g/mol. The van der Waals surface area contributed by atoms with Gasteiger partial charge in [-0.05, 0) is 44.1 Å². The van der Waals surface area contributed by atoms with Gasteiger partial charge >= 0.3 is 0 Å². The molecule has 1 aliphatic rings. The molecule has 1 atom stereocenters. The third-order valence-electron chi connectivity index (χ3n) is 4.75. The number of aromatic nitrogens is 2. The average molecular weight is 387 g/mol. The van der Waals surface area contributed by atoms with E-state index in [1.54, 1.807) is 26.5 Å². The van der Waals surface area contributed by atoms with Crippen molar-refractivity contribution in [3.63, 3.8) is 0 Å². The Bertz CT molecular complexity index is 752. The summed E-state index contributed by atoms with van der Waals surface area (Å²) in [4.78, 5) is 11.0. The molecule has 0 radical (unpaired) electrons. The number of hydrogen-bond donors (Lipinski definition) is 2. The van der Waals surface area contributed by atoms with Crippen molar-refractivity contribution in [2.75, 3.05) is 58.1 Å². The molecule has 0 amide bonds. The Morgan fingerprint density at radius 2 is 1.96 bits per heavy atom. The summed E-state index contributed by atoms with van der Waals surface area (Å²) in [6.07, 6.45) is 4.23. The summed E-state index contributed by atoms with van der Waals surface area (Å²) < 4.78 is 17.1. The van der Waals surface area contributed by atoms with Gasteiger partial charge in [-0.2, -0.15) is 4.98 Å². The van der Waals surface area contributed by atoms with Crippen LogP contribution < -0.4 is 20.1 Å². The molecule has 1 fully saturated rings. The fourth-order valence-electron chi connectivity index (χ4n) is 3.19. The van der Waals surface area contributed by atoms with E-state index >= 15 is 0 Å². The van der Waals surface area contributed by atoms with E-state index in [9.17, 15) is 0 Å². The zero-order chi connectivity index (χ0) is 19.8. The summed E-state index contributed by atoms with van der Waals surface area (Å²) in [5.41, 5.74) is 0.817. The van der Waals surface area contributed by atoms with Gasteiger partial charge in [0.2, 0.25) is 5.95 Å². The summed E-state index contributed by atoms with van der Waals surface area (Å²) in [6.45, 7) is 3.60. The highest BCUT2D eigenvalue weighted by Gasteiger charge is 2.18. The van der Waals surface area contributed by atoms with Crippen LogP contribution in [0, 0.1) is 0 Å². The van der Waals surface area contributed by atoms with Crippen molar-refractivity contribution in [3.8, 4) is 11.5 Å². The quantitative estimate of drug-likeness (QED) is 0.644. The highest BCUT2D eigenvalue weighted by molar-refractivity contribution is 5.60.